The number of carbonyl (C=O) groups is 1. The van der Waals surface area contributed by atoms with Gasteiger partial charge < -0.3 is 10.9 Å². The highest BCUT2D eigenvalue weighted by Crippen LogP contribution is 2.44. The van der Waals surface area contributed by atoms with E-state index in [1.807, 2.05) is 24.3 Å². The van der Waals surface area contributed by atoms with Gasteiger partial charge in [0, 0.05) is 17.5 Å². The number of carbonyl (C=O) groups excluding carboxylic acids is 1. The lowest BCUT2D eigenvalue weighted by atomic mass is 9.98. The predicted octanol–water partition coefficient (Wildman–Crippen LogP) is 4.34. The highest BCUT2D eigenvalue weighted by atomic mass is 35.5. The Hall–Kier alpha value is -1.84. The van der Waals surface area contributed by atoms with E-state index in [0.717, 1.165) is 0 Å². The Labute approximate surface area is 116 Å². The highest BCUT2D eigenvalue weighted by molar-refractivity contribution is 6.61. The van der Waals surface area contributed by atoms with Crippen LogP contribution in [0.15, 0.2) is 48.5 Å². The molecule has 0 atom stereocenters. The second kappa shape index (κ2) is 5.43. The van der Waals surface area contributed by atoms with Crippen molar-refractivity contribution in [1.82, 2.24) is 6.15 Å². The SMILES string of the molecule is N.O=C(Cl)OCC1c2ccccc2-c2ccccc21. The van der Waals surface area contributed by atoms with Gasteiger partial charge in [-0.2, -0.15) is 0 Å². The second-order valence-corrected chi connectivity index (χ2v) is 4.58. The zero-order chi connectivity index (χ0) is 12.5. The van der Waals surface area contributed by atoms with Crippen LogP contribution in [-0.2, 0) is 4.74 Å². The zero-order valence-corrected chi connectivity index (χ0v) is 11.1. The monoisotopic (exact) mass is 275 g/mol. The molecule has 4 heteroatoms. The van der Waals surface area contributed by atoms with Crippen LogP contribution < -0.4 is 6.15 Å². The summed E-state index contributed by atoms with van der Waals surface area (Å²) in [5.74, 6) is 0.0834. The molecule has 19 heavy (non-hydrogen) atoms. The molecule has 3 N–H and O–H groups in total. The molecule has 0 aromatic heterocycles. The number of fused-ring (bicyclic) bond motifs is 3. The van der Waals surface area contributed by atoms with Gasteiger partial charge in [-0.1, -0.05) is 48.5 Å². The quantitative estimate of drug-likeness (QED) is 0.830. The van der Waals surface area contributed by atoms with Gasteiger partial charge >= 0.3 is 5.43 Å². The van der Waals surface area contributed by atoms with Gasteiger partial charge in [-0.15, -0.1) is 0 Å². The average molecular weight is 276 g/mol. The minimum absolute atomic E-state index is 0. The Bertz CT molecular complexity index is 567. The summed E-state index contributed by atoms with van der Waals surface area (Å²) in [5, 5.41) is 0. The summed E-state index contributed by atoms with van der Waals surface area (Å²) >= 11 is 5.25. The van der Waals surface area contributed by atoms with E-state index < -0.39 is 5.43 Å². The van der Waals surface area contributed by atoms with Crippen molar-refractivity contribution in [3.05, 3.63) is 59.7 Å². The Balaban J connectivity index is 0.00000133. The molecular weight excluding hydrogens is 262 g/mol. The summed E-state index contributed by atoms with van der Waals surface area (Å²) < 4.78 is 4.97. The van der Waals surface area contributed by atoms with Crippen molar-refractivity contribution in [1.29, 1.82) is 0 Å². The number of hydrogen-bond acceptors (Lipinski definition) is 3. The third-order valence-electron chi connectivity index (χ3n) is 3.33. The molecule has 0 fully saturated rings. The molecular formula is C15H14ClNO2. The van der Waals surface area contributed by atoms with E-state index in [9.17, 15) is 4.79 Å². The first-order valence-electron chi connectivity index (χ1n) is 5.78. The van der Waals surface area contributed by atoms with Crippen LogP contribution in [0.2, 0.25) is 0 Å². The van der Waals surface area contributed by atoms with Crippen molar-refractivity contribution in [2.45, 2.75) is 5.92 Å². The van der Waals surface area contributed by atoms with Crippen LogP contribution in [0.25, 0.3) is 11.1 Å². The molecule has 1 aliphatic rings. The lowest BCUT2D eigenvalue weighted by molar-refractivity contribution is 0.170. The number of rotatable bonds is 2. The summed E-state index contributed by atoms with van der Waals surface area (Å²) in [6.45, 7) is 0.288. The number of ether oxygens (including phenoxy) is 1. The molecule has 98 valence electrons. The Morgan fingerprint density at radius 1 is 1.00 bits per heavy atom. The normalized spacial score (nSPS) is 12.3. The number of hydrogen-bond donors (Lipinski definition) is 1. The molecule has 0 aliphatic heterocycles. The highest BCUT2D eigenvalue weighted by Gasteiger charge is 2.28. The Kier molecular flexibility index (Phi) is 3.88. The van der Waals surface area contributed by atoms with E-state index in [1.165, 1.54) is 22.3 Å². The fourth-order valence-electron chi connectivity index (χ4n) is 2.59. The van der Waals surface area contributed by atoms with E-state index in [1.54, 1.807) is 0 Å². The van der Waals surface area contributed by atoms with Crippen molar-refractivity contribution < 1.29 is 9.53 Å². The second-order valence-electron chi connectivity index (χ2n) is 4.28. The fraction of sp³-hybridized carbons (Fsp3) is 0.133. The molecule has 0 bridgehead atoms. The first kappa shape index (κ1) is 13.6. The van der Waals surface area contributed by atoms with Crippen LogP contribution in [-0.4, -0.2) is 12.0 Å². The minimum Gasteiger partial charge on any atom is -0.453 e. The van der Waals surface area contributed by atoms with Crippen LogP contribution in [0.3, 0.4) is 0 Å². The summed E-state index contributed by atoms with van der Waals surface area (Å²) in [4.78, 5) is 10.8. The van der Waals surface area contributed by atoms with Gasteiger partial charge in [0.1, 0.15) is 6.61 Å². The first-order chi connectivity index (χ1) is 8.77. The van der Waals surface area contributed by atoms with E-state index in [2.05, 4.69) is 24.3 Å². The molecule has 1 aliphatic carbocycles. The lowest BCUT2D eigenvalue weighted by Crippen LogP contribution is -2.07. The molecule has 0 amide bonds. The first-order valence-corrected chi connectivity index (χ1v) is 6.15. The molecule has 2 aromatic carbocycles. The summed E-state index contributed by atoms with van der Waals surface area (Å²) in [6, 6.07) is 16.4. The van der Waals surface area contributed by atoms with Gasteiger partial charge in [-0.25, -0.2) is 4.79 Å². The Morgan fingerprint density at radius 2 is 1.47 bits per heavy atom. The molecule has 3 rings (SSSR count). The standard InChI is InChI=1S/C15H11ClO2.H3N/c16-15(17)18-9-14-12-7-3-1-5-10(12)11-6-2-4-8-13(11)14;/h1-8,14H,9H2;1H3. The summed E-state index contributed by atoms with van der Waals surface area (Å²) in [7, 11) is 0. The van der Waals surface area contributed by atoms with Gasteiger partial charge in [-0.05, 0) is 22.3 Å². The molecule has 0 unspecified atom stereocenters. The van der Waals surface area contributed by atoms with Gasteiger partial charge in [0.15, 0.2) is 0 Å². The molecule has 3 nitrogen and oxygen atoms in total. The number of halogens is 1. The molecule has 0 heterocycles. The van der Waals surface area contributed by atoms with Crippen LogP contribution in [0.5, 0.6) is 0 Å². The number of benzene rings is 2. The van der Waals surface area contributed by atoms with Crippen molar-refractivity contribution in [3.8, 4) is 11.1 Å². The van der Waals surface area contributed by atoms with Crippen molar-refractivity contribution >= 4 is 17.0 Å². The molecule has 2 aromatic rings. The summed E-state index contributed by atoms with van der Waals surface area (Å²) in [6.07, 6.45) is 0. The van der Waals surface area contributed by atoms with E-state index in [-0.39, 0.29) is 18.7 Å². The smallest absolute Gasteiger partial charge is 0.403 e. The maximum absolute atomic E-state index is 10.8. The topological polar surface area (TPSA) is 61.3 Å². The predicted molar refractivity (Wildman–Crippen MR) is 75.9 cm³/mol. The van der Waals surface area contributed by atoms with Crippen molar-refractivity contribution in [2.75, 3.05) is 6.61 Å². The van der Waals surface area contributed by atoms with Crippen molar-refractivity contribution in [2.24, 2.45) is 0 Å². The molecule has 0 spiro atoms. The third kappa shape index (κ3) is 2.35. The van der Waals surface area contributed by atoms with Gasteiger partial charge in [0.25, 0.3) is 0 Å². The third-order valence-corrected chi connectivity index (χ3v) is 3.44. The minimum atomic E-state index is -0.753. The Morgan fingerprint density at radius 3 is 1.95 bits per heavy atom. The lowest BCUT2D eigenvalue weighted by Gasteiger charge is -2.12. The maximum Gasteiger partial charge on any atom is 0.403 e. The maximum atomic E-state index is 10.8. The molecule has 0 radical (unpaired) electrons. The van der Waals surface area contributed by atoms with Crippen LogP contribution >= 0.6 is 11.6 Å². The van der Waals surface area contributed by atoms with Crippen LogP contribution in [0, 0.1) is 0 Å². The van der Waals surface area contributed by atoms with Crippen LogP contribution in [0.1, 0.15) is 17.0 Å². The van der Waals surface area contributed by atoms with E-state index >= 15 is 0 Å². The van der Waals surface area contributed by atoms with Crippen molar-refractivity contribution in [3.63, 3.8) is 0 Å². The average Bonchev–Trinajstić information content (AvgIpc) is 2.71. The van der Waals surface area contributed by atoms with Gasteiger partial charge in [0.05, 0.1) is 0 Å². The largest absolute Gasteiger partial charge is 0.453 e. The summed E-state index contributed by atoms with van der Waals surface area (Å²) in [5.41, 5.74) is 4.05. The fourth-order valence-corrected chi connectivity index (χ4v) is 2.65. The molecule has 0 saturated carbocycles. The van der Waals surface area contributed by atoms with E-state index in [0.29, 0.717) is 0 Å². The van der Waals surface area contributed by atoms with E-state index in [4.69, 9.17) is 16.3 Å². The zero-order valence-electron chi connectivity index (χ0n) is 10.3. The van der Waals surface area contributed by atoms with Gasteiger partial charge in [-0.3, -0.25) is 0 Å². The van der Waals surface area contributed by atoms with Crippen LogP contribution in [0.4, 0.5) is 4.79 Å². The molecule has 0 saturated heterocycles. The van der Waals surface area contributed by atoms with Gasteiger partial charge in [0.2, 0.25) is 0 Å².